The van der Waals surface area contributed by atoms with Gasteiger partial charge in [-0.1, -0.05) is 61.5 Å². The van der Waals surface area contributed by atoms with Crippen LogP contribution in [0.4, 0.5) is 5.69 Å². The molecule has 0 spiro atoms. The van der Waals surface area contributed by atoms with Crippen LogP contribution in [0, 0.1) is 0 Å². The molecule has 1 N–H and O–H groups in total. The highest BCUT2D eigenvalue weighted by Crippen LogP contribution is 2.33. The molecule has 7 nitrogen and oxygen atoms in total. The molecule has 0 fully saturated rings. The molecule has 0 saturated heterocycles. The smallest absolute Gasteiger partial charge is 0.339 e. The Morgan fingerprint density at radius 2 is 1.51 bits per heavy atom. The quantitative estimate of drug-likeness (QED) is 0.196. The number of benzene rings is 5. The molecule has 41 heavy (non-hydrogen) atoms. The first-order chi connectivity index (χ1) is 20.1. The van der Waals surface area contributed by atoms with Gasteiger partial charge in [-0.15, -0.1) is 0 Å². The summed E-state index contributed by atoms with van der Waals surface area (Å²) < 4.78 is 17.6. The minimum absolute atomic E-state index is 0.301. The van der Waals surface area contributed by atoms with Crippen molar-refractivity contribution in [3.05, 3.63) is 121 Å². The molecule has 1 heterocycles. The minimum atomic E-state index is -0.991. The summed E-state index contributed by atoms with van der Waals surface area (Å²) in [6.45, 7) is 1.79. The molecule has 0 bridgehead atoms. The van der Waals surface area contributed by atoms with Crippen molar-refractivity contribution in [1.29, 1.82) is 0 Å². The molecule has 202 valence electrons. The molecule has 0 aliphatic rings. The fourth-order valence-corrected chi connectivity index (χ4v) is 4.65. The van der Waals surface area contributed by atoms with Gasteiger partial charge in [0.25, 0.3) is 5.91 Å². The maximum Gasteiger partial charge on any atom is 0.339 e. The van der Waals surface area contributed by atoms with E-state index in [2.05, 4.69) is 10.3 Å². The first-order valence-corrected chi connectivity index (χ1v) is 13.3. The molecule has 1 unspecified atom stereocenters. The van der Waals surface area contributed by atoms with Gasteiger partial charge in [-0.05, 0) is 72.5 Å². The molecule has 7 heteroatoms. The number of para-hydroxylation sites is 3. The molecule has 0 aliphatic carbocycles. The summed E-state index contributed by atoms with van der Waals surface area (Å²) >= 11 is 0. The van der Waals surface area contributed by atoms with Gasteiger partial charge >= 0.3 is 5.97 Å². The lowest BCUT2D eigenvalue weighted by Crippen LogP contribution is -2.32. The zero-order valence-electron chi connectivity index (χ0n) is 22.2. The molecule has 1 atom stereocenters. The maximum atomic E-state index is 13.5. The SMILES string of the molecule is CCC(OC(=O)c1cccc2cccc(-c3nc4ccccc4o3)c12)C(=O)Nc1ccc(Oc2ccccc2)cc1. The number of aromatic nitrogens is 1. The average molecular weight is 543 g/mol. The standard InChI is InChI=1S/C34H26N2O5/c1-2-29(32(37)35-23-18-20-25(21-19-23)39-24-12-4-3-5-13-24)41-34(38)27-15-9-11-22-10-8-14-26(31(22)27)33-36-28-16-6-7-17-30(28)40-33/h3-21,29H,2H2,1H3,(H,35,37). The Morgan fingerprint density at radius 3 is 2.27 bits per heavy atom. The zero-order valence-corrected chi connectivity index (χ0v) is 22.2. The van der Waals surface area contributed by atoms with E-state index in [1.165, 1.54) is 0 Å². The molecule has 6 aromatic rings. The monoisotopic (exact) mass is 542 g/mol. The van der Waals surface area contributed by atoms with Crippen LogP contribution in [-0.2, 0) is 9.53 Å². The van der Waals surface area contributed by atoms with E-state index in [1.807, 2.05) is 78.9 Å². The second-order valence-corrected chi connectivity index (χ2v) is 9.43. The molecule has 0 radical (unpaired) electrons. The maximum absolute atomic E-state index is 13.5. The zero-order chi connectivity index (χ0) is 28.2. The van der Waals surface area contributed by atoms with Crippen LogP contribution in [0.1, 0.15) is 23.7 Å². The van der Waals surface area contributed by atoms with Gasteiger partial charge in [-0.3, -0.25) is 4.79 Å². The lowest BCUT2D eigenvalue weighted by molar-refractivity contribution is -0.124. The Balaban J connectivity index is 1.21. The number of nitrogens with one attached hydrogen (secondary N) is 1. The van der Waals surface area contributed by atoms with Crippen LogP contribution < -0.4 is 10.1 Å². The number of carbonyl (C=O) groups is 2. The van der Waals surface area contributed by atoms with Crippen LogP contribution in [0.5, 0.6) is 11.5 Å². The molecule has 6 rings (SSSR count). The third-order valence-corrected chi connectivity index (χ3v) is 6.66. The number of hydrogen-bond acceptors (Lipinski definition) is 6. The molecule has 1 aromatic heterocycles. The molecule has 5 aromatic carbocycles. The normalized spacial score (nSPS) is 11.7. The van der Waals surface area contributed by atoms with E-state index in [4.69, 9.17) is 13.9 Å². The highest BCUT2D eigenvalue weighted by Gasteiger charge is 2.25. The van der Waals surface area contributed by atoms with Crippen LogP contribution in [0.2, 0.25) is 0 Å². The third-order valence-electron chi connectivity index (χ3n) is 6.66. The highest BCUT2D eigenvalue weighted by atomic mass is 16.5. The molecule has 1 amide bonds. The minimum Gasteiger partial charge on any atom is -0.457 e. The van der Waals surface area contributed by atoms with E-state index in [9.17, 15) is 9.59 Å². The van der Waals surface area contributed by atoms with Crippen molar-refractivity contribution in [2.75, 3.05) is 5.32 Å². The predicted molar refractivity (Wildman–Crippen MR) is 158 cm³/mol. The van der Waals surface area contributed by atoms with Crippen molar-refractivity contribution >= 4 is 39.4 Å². The number of anilines is 1. The van der Waals surface area contributed by atoms with Crippen LogP contribution >= 0.6 is 0 Å². The van der Waals surface area contributed by atoms with E-state index >= 15 is 0 Å². The summed E-state index contributed by atoms with van der Waals surface area (Å²) in [5.41, 5.74) is 2.94. The van der Waals surface area contributed by atoms with Crippen molar-refractivity contribution in [3.63, 3.8) is 0 Å². The number of carbonyl (C=O) groups excluding carboxylic acids is 2. The largest absolute Gasteiger partial charge is 0.457 e. The lowest BCUT2D eigenvalue weighted by Gasteiger charge is -2.17. The second-order valence-electron chi connectivity index (χ2n) is 9.43. The van der Waals surface area contributed by atoms with Crippen molar-refractivity contribution in [2.24, 2.45) is 0 Å². The molecular weight excluding hydrogens is 516 g/mol. The fourth-order valence-electron chi connectivity index (χ4n) is 4.65. The van der Waals surface area contributed by atoms with Gasteiger partial charge in [0.1, 0.15) is 17.0 Å². The van der Waals surface area contributed by atoms with Gasteiger partial charge in [0.15, 0.2) is 11.7 Å². The molecule has 0 aliphatic heterocycles. The second kappa shape index (κ2) is 11.4. The Labute approximate surface area is 236 Å². The Bertz CT molecular complexity index is 1810. The Morgan fingerprint density at radius 1 is 0.805 bits per heavy atom. The summed E-state index contributed by atoms with van der Waals surface area (Å²) in [7, 11) is 0. The Hall–Kier alpha value is -5.43. The Kier molecular flexibility index (Phi) is 7.15. The van der Waals surface area contributed by atoms with Crippen molar-refractivity contribution in [1.82, 2.24) is 4.98 Å². The van der Waals surface area contributed by atoms with Crippen LogP contribution in [0.25, 0.3) is 33.3 Å². The summed E-state index contributed by atoms with van der Waals surface area (Å²) in [5.74, 6) is 0.736. The summed E-state index contributed by atoms with van der Waals surface area (Å²) in [5, 5.41) is 4.31. The fraction of sp³-hybridized carbons (Fsp3) is 0.0882. The van der Waals surface area contributed by atoms with E-state index in [-0.39, 0.29) is 0 Å². The van der Waals surface area contributed by atoms with Gasteiger partial charge in [0.05, 0.1) is 5.56 Å². The number of amides is 1. The van der Waals surface area contributed by atoms with Crippen molar-refractivity contribution < 1.29 is 23.5 Å². The number of rotatable bonds is 8. The number of esters is 1. The predicted octanol–water partition coefficient (Wildman–Crippen LogP) is 8.01. The van der Waals surface area contributed by atoms with Crippen molar-refractivity contribution in [3.8, 4) is 23.0 Å². The topological polar surface area (TPSA) is 90.7 Å². The first kappa shape index (κ1) is 25.8. The van der Waals surface area contributed by atoms with E-state index in [0.29, 0.717) is 45.8 Å². The number of fused-ring (bicyclic) bond motifs is 2. The summed E-state index contributed by atoms with van der Waals surface area (Å²) in [4.78, 5) is 31.2. The van der Waals surface area contributed by atoms with Gasteiger partial charge in [0, 0.05) is 16.6 Å². The van der Waals surface area contributed by atoms with E-state index < -0.39 is 18.0 Å². The van der Waals surface area contributed by atoms with Gasteiger partial charge in [-0.2, -0.15) is 0 Å². The summed E-state index contributed by atoms with van der Waals surface area (Å²) in [6, 6.07) is 35.0. The average Bonchev–Trinajstić information content (AvgIpc) is 3.45. The third kappa shape index (κ3) is 5.51. The molecule has 0 saturated carbocycles. The number of hydrogen-bond donors (Lipinski definition) is 1. The van der Waals surface area contributed by atoms with Gasteiger partial charge in [0.2, 0.25) is 5.89 Å². The van der Waals surface area contributed by atoms with Gasteiger partial charge in [-0.25, -0.2) is 9.78 Å². The van der Waals surface area contributed by atoms with Crippen molar-refractivity contribution in [2.45, 2.75) is 19.4 Å². The van der Waals surface area contributed by atoms with E-state index in [1.54, 1.807) is 43.3 Å². The first-order valence-electron chi connectivity index (χ1n) is 13.3. The van der Waals surface area contributed by atoms with Crippen LogP contribution in [0.3, 0.4) is 0 Å². The number of ether oxygens (including phenoxy) is 2. The number of nitrogens with zero attached hydrogens (tertiary/aromatic N) is 1. The lowest BCUT2D eigenvalue weighted by atomic mass is 9.99. The van der Waals surface area contributed by atoms with Crippen LogP contribution in [-0.4, -0.2) is 23.0 Å². The van der Waals surface area contributed by atoms with E-state index in [0.717, 1.165) is 16.7 Å². The van der Waals surface area contributed by atoms with Crippen LogP contribution in [0.15, 0.2) is 120 Å². The molecular formula is C34H26N2O5. The van der Waals surface area contributed by atoms with Gasteiger partial charge < -0.3 is 19.2 Å². The summed E-state index contributed by atoms with van der Waals surface area (Å²) in [6.07, 6.45) is -0.690. The highest BCUT2D eigenvalue weighted by molar-refractivity contribution is 6.10. The number of oxazole rings is 1.